The summed E-state index contributed by atoms with van der Waals surface area (Å²) in [6.45, 7) is 2.11. The highest BCUT2D eigenvalue weighted by atomic mass is 79.9. The second-order valence-electron chi connectivity index (χ2n) is 4.27. The minimum atomic E-state index is 0.575. The fraction of sp³-hybridized carbons (Fsp3) is 0.385. The van der Waals surface area contributed by atoms with Gasteiger partial charge in [0.25, 0.3) is 0 Å². The Labute approximate surface area is 115 Å². The quantitative estimate of drug-likeness (QED) is 0.944. The molecular formula is C13H17BrN4. The Morgan fingerprint density at radius 1 is 1.39 bits per heavy atom. The predicted molar refractivity (Wildman–Crippen MR) is 76.3 cm³/mol. The van der Waals surface area contributed by atoms with Crippen molar-refractivity contribution in [2.24, 2.45) is 7.05 Å². The summed E-state index contributed by atoms with van der Waals surface area (Å²) in [7, 11) is 1.99. The number of halogens is 1. The predicted octanol–water partition coefficient (Wildman–Crippen LogP) is 2.51. The van der Waals surface area contributed by atoms with E-state index in [9.17, 15) is 0 Å². The minimum Gasteiger partial charge on any atom is -0.384 e. The summed E-state index contributed by atoms with van der Waals surface area (Å²) >= 11 is 3.63. The van der Waals surface area contributed by atoms with Gasteiger partial charge in [-0.15, -0.1) is 0 Å². The lowest BCUT2D eigenvalue weighted by Crippen LogP contribution is -2.01. The van der Waals surface area contributed by atoms with Crippen molar-refractivity contribution in [2.45, 2.75) is 26.2 Å². The van der Waals surface area contributed by atoms with Crippen molar-refractivity contribution in [3.8, 4) is 0 Å². The van der Waals surface area contributed by atoms with Gasteiger partial charge < -0.3 is 5.73 Å². The molecule has 2 aromatic rings. The fourth-order valence-corrected chi connectivity index (χ4v) is 2.82. The molecular weight excluding hydrogens is 292 g/mol. The van der Waals surface area contributed by atoms with Gasteiger partial charge in [-0.1, -0.05) is 6.92 Å². The molecule has 2 heterocycles. The Balaban J connectivity index is 2.13. The Bertz CT molecular complexity index is 548. The zero-order valence-corrected chi connectivity index (χ0v) is 12.2. The van der Waals surface area contributed by atoms with Gasteiger partial charge in [-0.2, -0.15) is 5.10 Å². The zero-order valence-electron chi connectivity index (χ0n) is 10.7. The highest BCUT2D eigenvalue weighted by molar-refractivity contribution is 9.10. The maximum Gasteiger partial charge on any atom is 0.123 e. The van der Waals surface area contributed by atoms with E-state index in [-0.39, 0.29) is 0 Å². The molecule has 18 heavy (non-hydrogen) atoms. The van der Waals surface area contributed by atoms with Crippen molar-refractivity contribution in [2.75, 3.05) is 5.73 Å². The second kappa shape index (κ2) is 5.52. The summed E-state index contributed by atoms with van der Waals surface area (Å²) in [5.74, 6) is 0.575. The first-order valence-electron chi connectivity index (χ1n) is 6.02. The SMILES string of the molecule is CCc1nn(C)c(CCc2ccnc(N)c2)c1Br. The van der Waals surface area contributed by atoms with E-state index in [2.05, 4.69) is 32.9 Å². The maximum absolute atomic E-state index is 5.68. The Hall–Kier alpha value is -1.36. The topological polar surface area (TPSA) is 56.7 Å². The van der Waals surface area contributed by atoms with Crippen LogP contribution in [0.3, 0.4) is 0 Å². The van der Waals surface area contributed by atoms with Gasteiger partial charge in [-0.3, -0.25) is 4.68 Å². The van der Waals surface area contributed by atoms with E-state index in [1.54, 1.807) is 6.20 Å². The molecule has 0 aromatic carbocycles. The average molecular weight is 309 g/mol. The first-order chi connectivity index (χ1) is 8.61. The second-order valence-corrected chi connectivity index (χ2v) is 5.07. The van der Waals surface area contributed by atoms with E-state index in [1.807, 2.05) is 23.9 Å². The number of hydrogen-bond donors (Lipinski definition) is 1. The third-order valence-electron chi connectivity index (χ3n) is 3.00. The van der Waals surface area contributed by atoms with Crippen molar-refractivity contribution in [3.05, 3.63) is 39.8 Å². The van der Waals surface area contributed by atoms with Crippen LogP contribution in [0.1, 0.15) is 23.9 Å². The number of hydrogen-bond acceptors (Lipinski definition) is 3. The number of aryl methyl sites for hydroxylation is 3. The van der Waals surface area contributed by atoms with Crippen LogP contribution in [0.4, 0.5) is 5.82 Å². The molecule has 0 atom stereocenters. The number of nitrogen functional groups attached to an aromatic ring is 1. The number of nitrogens with zero attached hydrogens (tertiary/aromatic N) is 3. The van der Waals surface area contributed by atoms with Gasteiger partial charge in [-0.05, 0) is 52.9 Å². The molecule has 2 N–H and O–H groups in total. The van der Waals surface area contributed by atoms with E-state index in [0.717, 1.165) is 29.4 Å². The van der Waals surface area contributed by atoms with Crippen LogP contribution in [-0.4, -0.2) is 14.8 Å². The number of anilines is 1. The average Bonchev–Trinajstić information content (AvgIpc) is 2.62. The first kappa shape index (κ1) is 13.1. The lowest BCUT2D eigenvalue weighted by atomic mass is 10.1. The molecule has 0 spiro atoms. The van der Waals surface area contributed by atoms with E-state index in [4.69, 9.17) is 5.73 Å². The fourth-order valence-electron chi connectivity index (χ4n) is 2.00. The molecule has 0 radical (unpaired) electrons. The molecule has 96 valence electrons. The molecule has 0 aliphatic heterocycles. The lowest BCUT2D eigenvalue weighted by molar-refractivity contribution is 0.691. The molecule has 0 saturated carbocycles. The monoisotopic (exact) mass is 308 g/mol. The molecule has 0 bridgehead atoms. The highest BCUT2D eigenvalue weighted by Crippen LogP contribution is 2.23. The number of pyridine rings is 1. The van der Waals surface area contributed by atoms with Crippen LogP contribution >= 0.6 is 15.9 Å². The largest absolute Gasteiger partial charge is 0.384 e. The first-order valence-corrected chi connectivity index (χ1v) is 6.81. The number of rotatable bonds is 4. The van der Waals surface area contributed by atoms with E-state index in [0.29, 0.717) is 5.82 Å². The van der Waals surface area contributed by atoms with Crippen LogP contribution in [0.5, 0.6) is 0 Å². The molecule has 0 saturated heterocycles. The van der Waals surface area contributed by atoms with Crippen molar-refractivity contribution in [3.63, 3.8) is 0 Å². The van der Waals surface area contributed by atoms with Crippen molar-refractivity contribution in [1.82, 2.24) is 14.8 Å². The van der Waals surface area contributed by atoms with E-state index < -0.39 is 0 Å². The van der Waals surface area contributed by atoms with Gasteiger partial charge in [0, 0.05) is 13.2 Å². The number of aromatic nitrogens is 3. The van der Waals surface area contributed by atoms with Crippen LogP contribution in [0.15, 0.2) is 22.8 Å². The summed E-state index contributed by atoms with van der Waals surface area (Å²) in [5.41, 5.74) is 9.21. The molecule has 0 unspecified atom stereocenters. The third-order valence-corrected chi connectivity index (χ3v) is 3.91. The number of nitrogens with two attached hydrogens (primary N) is 1. The Morgan fingerprint density at radius 3 is 2.78 bits per heavy atom. The zero-order chi connectivity index (χ0) is 13.1. The van der Waals surface area contributed by atoms with Gasteiger partial charge in [-0.25, -0.2) is 4.98 Å². The molecule has 0 fully saturated rings. The summed E-state index contributed by atoms with van der Waals surface area (Å²) in [6.07, 6.45) is 4.57. The molecule has 0 aliphatic carbocycles. The van der Waals surface area contributed by atoms with Gasteiger partial charge in [0.15, 0.2) is 0 Å². The van der Waals surface area contributed by atoms with Crippen LogP contribution < -0.4 is 5.73 Å². The Morgan fingerprint density at radius 2 is 2.17 bits per heavy atom. The summed E-state index contributed by atoms with van der Waals surface area (Å²) in [6, 6.07) is 3.92. The smallest absolute Gasteiger partial charge is 0.123 e. The van der Waals surface area contributed by atoms with E-state index >= 15 is 0 Å². The summed E-state index contributed by atoms with van der Waals surface area (Å²) in [4.78, 5) is 4.00. The van der Waals surface area contributed by atoms with Gasteiger partial charge in [0.1, 0.15) is 5.82 Å². The molecule has 5 heteroatoms. The highest BCUT2D eigenvalue weighted by Gasteiger charge is 2.12. The maximum atomic E-state index is 5.68. The molecule has 0 amide bonds. The van der Waals surface area contributed by atoms with Gasteiger partial charge in [0.2, 0.25) is 0 Å². The molecule has 2 aromatic heterocycles. The summed E-state index contributed by atoms with van der Waals surface area (Å²) in [5, 5.41) is 4.49. The molecule has 4 nitrogen and oxygen atoms in total. The van der Waals surface area contributed by atoms with Crippen LogP contribution in [0, 0.1) is 0 Å². The normalized spacial score (nSPS) is 10.8. The Kier molecular flexibility index (Phi) is 4.01. The molecule has 0 aliphatic rings. The van der Waals surface area contributed by atoms with Gasteiger partial charge >= 0.3 is 0 Å². The summed E-state index contributed by atoms with van der Waals surface area (Å²) < 4.78 is 3.09. The van der Waals surface area contributed by atoms with E-state index in [1.165, 1.54) is 11.3 Å². The van der Waals surface area contributed by atoms with Crippen LogP contribution in [0.25, 0.3) is 0 Å². The third kappa shape index (κ3) is 2.72. The van der Waals surface area contributed by atoms with Crippen molar-refractivity contribution >= 4 is 21.7 Å². The lowest BCUT2D eigenvalue weighted by Gasteiger charge is -2.04. The minimum absolute atomic E-state index is 0.575. The van der Waals surface area contributed by atoms with Crippen molar-refractivity contribution < 1.29 is 0 Å². The standard InChI is InChI=1S/C13H17BrN4/c1-3-10-13(14)11(18(2)17-10)5-4-9-6-7-16-12(15)8-9/h6-8H,3-5H2,1-2H3,(H2,15,16). The molecule has 2 rings (SSSR count). The van der Waals surface area contributed by atoms with Crippen LogP contribution in [-0.2, 0) is 26.3 Å². The van der Waals surface area contributed by atoms with Crippen LogP contribution in [0.2, 0.25) is 0 Å². The van der Waals surface area contributed by atoms with Gasteiger partial charge in [0.05, 0.1) is 15.9 Å². The van der Waals surface area contributed by atoms with Crippen molar-refractivity contribution in [1.29, 1.82) is 0 Å².